The lowest BCUT2D eigenvalue weighted by Crippen LogP contribution is -2.23. The van der Waals surface area contributed by atoms with Crippen LogP contribution in [0.25, 0.3) is 0 Å². The van der Waals surface area contributed by atoms with Gasteiger partial charge in [-0.1, -0.05) is 29.3 Å². The summed E-state index contributed by atoms with van der Waals surface area (Å²) in [5.74, 6) is -0.407. The first-order valence-corrected chi connectivity index (χ1v) is 7.70. The number of ether oxygens (including phenoxy) is 2. The summed E-state index contributed by atoms with van der Waals surface area (Å²) >= 11 is 11.7. The fourth-order valence-electron chi connectivity index (χ4n) is 2.06. The molecule has 2 aromatic rings. The summed E-state index contributed by atoms with van der Waals surface area (Å²) in [5, 5.41) is 3.44. The molecule has 1 N–H and O–H groups in total. The number of carbonyl (C=O) groups excluding carboxylic acids is 2. The van der Waals surface area contributed by atoms with Crippen molar-refractivity contribution < 1.29 is 19.1 Å². The average Bonchev–Trinajstić information content (AvgIpc) is 2.60. The molecule has 0 saturated heterocycles. The average molecular weight is 368 g/mol. The molecule has 2 aromatic carbocycles. The van der Waals surface area contributed by atoms with Gasteiger partial charge in [0.25, 0.3) is 5.91 Å². The number of rotatable bonds is 5. The summed E-state index contributed by atoms with van der Waals surface area (Å²) in [5.41, 5.74) is 1.41. The second-order valence-corrected chi connectivity index (χ2v) is 5.65. The Morgan fingerprint density at radius 1 is 1.04 bits per heavy atom. The third-order valence-corrected chi connectivity index (χ3v) is 4.04. The van der Waals surface area contributed by atoms with Crippen molar-refractivity contribution in [2.75, 3.05) is 14.2 Å². The molecule has 1 amide bonds. The summed E-state index contributed by atoms with van der Waals surface area (Å²) in [6, 6.07) is 9.64. The number of amides is 1. The van der Waals surface area contributed by atoms with Crippen LogP contribution in [0.15, 0.2) is 36.4 Å². The quantitative estimate of drug-likeness (QED) is 0.817. The topological polar surface area (TPSA) is 64.6 Å². The van der Waals surface area contributed by atoms with Crippen molar-refractivity contribution in [1.82, 2.24) is 5.32 Å². The van der Waals surface area contributed by atoms with Gasteiger partial charge in [-0.2, -0.15) is 0 Å². The van der Waals surface area contributed by atoms with E-state index in [0.717, 1.165) is 5.56 Å². The summed E-state index contributed by atoms with van der Waals surface area (Å²) < 4.78 is 9.85. The summed E-state index contributed by atoms with van der Waals surface area (Å²) in [6.45, 7) is 0.229. The zero-order valence-corrected chi connectivity index (χ0v) is 14.6. The van der Waals surface area contributed by atoms with E-state index in [-0.39, 0.29) is 12.5 Å². The second-order valence-electron chi connectivity index (χ2n) is 4.84. The normalized spacial score (nSPS) is 10.2. The monoisotopic (exact) mass is 367 g/mol. The highest BCUT2D eigenvalue weighted by Gasteiger charge is 2.14. The van der Waals surface area contributed by atoms with Crippen LogP contribution in [0.4, 0.5) is 0 Å². The van der Waals surface area contributed by atoms with Crippen molar-refractivity contribution in [3.8, 4) is 5.75 Å². The van der Waals surface area contributed by atoms with E-state index in [9.17, 15) is 9.59 Å². The maximum absolute atomic E-state index is 12.2. The van der Waals surface area contributed by atoms with Crippen molar-refractivity contribution in [1.29, 1.82) is 0 Å². The molecule has 0 aliphatic heterocycles. The molecule has 7 heteroatoms. The van der Waals surface area contributed by atoms with Gasteiger partial charge in [0.1, 0.15) is 11.3 Å². The molecule has 0 aliphatic carbocycles. The van der Waals surface area contributed by atoms with Crippen molar-refractivity contribution in [3.63, 3.8) is 0 Å². The minimum Gasteiger partial charge on any atom is -0.496 e. The van der Waals surface area contributed by atoms with Gasteiger partial charge in [-0.05, 0) is 35.9 Å². The van der Waals surface area contributed by atoms with E-state index in [0.29, 0.717) is 26.9 Å². The maximum Gasteiger partial charge on any atom is 0.341 e. The van der Waals surface area contributed by atoms with Crippen LogP contribution in [-0.2, 0) is 11.3 Å². The third kappa shape index (κ3) is 4.19. The predicted molar refractivity (Wildman–Crippen MR) is 92.0 cm³/mol. The molecule has 0 atom stereocenters. The van der Waals surface area contributed by atoms with Crippen LogP contribution in [0.2, 0.25) is 10.0 Å². The van der Waals surface area contributed by atoms with Gasteiger partial charge in [0.15, 0.2) is 0 Å². The molecular formula is C17H15Cl2NO4. The summed E-state index contributed by atoms with van der Waals surface area (Å²) in [7, 11) is 2.76. The number of hydrogen-bond donors (Lipinski definition) is 1. The fraction of sp³-hybridized carbons (Fsp3) is 0.176. The number of hydrogen-bond acceptors (Lipinski definition) is 4. The second kappa shape index (κ2) is 8.04. The highest BCUT2D eigenvalue weighted by atomic mass is 35.5. The van der Waals surface area contributed by atoms with Gasteiger partial charge >= 0.3 is 5.97 Å². The van der Waals surface area contributed by atoms with Gasteiger partial charge < -0.3 is 14.8 Å². The Morgan fingerprint density at radius 2 is 1.79 bits per heavy atom. The standard InChI is InChI=1S/C17H15Cl2NO4/c1-23-15-6-3-10(7-12(15)17(22)24-2)9-20-16(21)11-4-5-13(18)14(19)8-11/h3-8H,9H2,1-2H3,(H,20,21). The van der Waals surface area contributed by atoms with E-state index in [1.165, 1.54) is 20.3 Å². The van der Waals surface area contributed by atoms with E-state index >= 15 is 0 Å². The minimum absolute atomic E-state index is 0.229. The maximum atomic E-state index is 12.2. The first-order valence-electron chi connectivity index (χ1n) is 6.94. The van der Waals surface area contributed by atoms with Crippen LogP contribution in [0.5, 0.6) is 5.75 Å². The highest BCUT2D eigenvalue weighted by Crippen LogP contribution is 2.23. The van der Waals surface area contributed by atoms with Crippen molar-refractivity contribution in [2.45, 2.75) is 6.54 Å². The van der Waals surface area contributed by atoms with Crippen LogP contribution in [0.1, 0.15) is 26.3 Å². The van der Waals surface area contributed by atoms with E-state index in [2.05, 4.69) is 5.32 Å². The Balaban J connectivity index is 2.12. The molecule has 0 bridgehead atoms. The smallest absolute Gasteiger partial charge is 0.341 e. The van der Waals surface area contributed by atoms with E-state index in [1.807, 2.05) is 0 Å². The highest BCUT2D eigenvalue weighted by molar-refractivity contribution is 6.42. The van der Waals surface area contributed by atoms with Crippen LogP contribution in [0.3, 0.4) is 0 Å². The largest absolute Gasteiger partial charge is 0.496 e. The SMILES string of the molecule is COC(=O)c1cc(CNC(=O)c2ccc(Cl)c(Cl)c2)ccc1OC. The molecule has 126 valence electrons. The Kier molecular flexibility index (Phi) is 6.06. The summed E-state index contributed by atoms with van der Waals surface area (Å²) in [4.78, 5) is 23.9. The lowest BCUT2D eigenvalue weighted by Gasteiger charge is -2.10. The molecule has 0 radical (unpaired) electrons. The Labute approximate surface area is 149 Å². The molecule has 0 aliphatic rings. The number of halogens is 2. The number of methoxy groups -OCH3 is 2. The zero-order valence-electron chi connectivity index (χ0n) is 13.1. The number of esters is 1. The number of carbonyl (C=O) groups is 2. The zero-order chi connectivity index (χ0) is 17.7. The van der Waals surface area contributed by atoms with Gasteiger partial charge in [-0.25, -0.2) is 4.79 Å². The molecule has 0 unspecified atom stereocenters. The molecular weight excluding hydrogens is 353 g/mol. The fourth-order valence-corrected chi connectivity index (χ4v) is 2.35. The van der Waals surface area contributed by atoms with Gasteiger partial charge in [0.05, 0.1) is 24.3 Å². The Hall–Kier alpha value is -2.24. The van der Waals surface area contributed by atoms with Crippen molar-refractivity contribution in [2.24, 2.45) is 0 Å². The lowest BCUT2D eigenvalue weighted by molar-refractivity contribution is 0.0597. The first kappa shape index (κ1) is 18.1. The summed E-state index contributed by atoms with van der Waals surface area (Å²) in [6.07, 6.45) is 0. The molecule has 2 rings (SSSR count). The van der Waals surface area contributed by atoms with Gasteiger partial charge in [0.2, 0.25) is 0 Å². The molecule has 0 fully saturated rings. The predicted octanol–water partition coefficient (Wildman–Crippen LogP) is 3.72. The van der Waals surface area contributed by atoms with Crippen molar-refractivity contribution in [3.05, 3.63) is 63.1 Å². The minimum atomic E-state index is -0.510. The molecule has 0 aromatic heterocycles. The molecule has 5 nitrogen and oxygen atoms in total. The molecule has 0 saturated carbocycles. The first-order chi connectivity index (χ1) is 11.5. The van der Waals surface area contributed by atoms with E-state index < -0.39 is 5.97 Å². The number of benzene rings is 2. The Bertz CT molecular complexity index is 777. The molecule has 24 heavy (non-hydrogen) atoms. The van der Waals surface area contributed by atoms with Crippen LogP contribution in [-0.4, -0.2) is 26.1 Å². The number of nitrogens with one attached hydrogen (secondary N) is 1. The van der Waals surface area contributed by atoms with Crippen molar-refractivity contribution >= 4 is 35.1 Å². The third-order valence-electron chi connectivity index (χ3n) is 3.30. The van der Waals surface area contributed by atoms with E-state index in [4.69, 9.17) is 32.7 Å². The molecule has 0 spiro atoms. The van der Waals surface area contributed by atoms with Gasteiger partial charge in [-0.15, -0.1) is 0 Å². The van der Waals surface area contributed by atoms with Gasteiger partial charge in [0, 0.05) is 12.1 Å². The van der Waals surface area contributed by atoms with Crippen LogP contribution in [0, 0.1) is 0 Å². The van der Waals surface area contributed by atoms with Gasteiger partial charge in [-0.3, -0.25) is 4.79 Å². The lowest BCUT2D eigenvalue weighted by atomic mass is 10.1. The van der Waals surface area contributed by atoms with E-state index in [1.54, 1.807) is 30.3 Å². The van der Waals surface area contributed by atoms with Crippen LogP contribution < -0.4 is 10.1 Å². The Morgan fingerprint density at radius 3 is 2.42 bits per heavy atom. The van der Waals surface area contributed by atoms with Crippen LogP contribution >= 0.6 is 23.2 Å². The molecule has 0 heterocycles.